The normalized spacial score (nSPS) is 17.9. The summed E-state index contributed by atoms with van der Waals surface area (Å²) < 4.78 is 8.04. The predicted octanol–water partition coefficient (Wildman–Crippen LogP) is 2.44. The van der Waals surface area contributed by atoms with Crippen molar-refractivity contribution in [1.29, 1.82) is 0 Å². The van der Waals surface area contributed by atoms with E-state index in [0.717, 1.165) is 23.7 Å². The van der Waals surface area contributed by atoms with Gasteiger partial charge >= 0.3 is 0 Å². The van der Waals surface area contributed by atoms with Crippen LogP contribution in [0, 0.1) is 0 Å². The highest BCUT2D eigenvalue weighted by Gasteiger charge is 2.25. The Morgan fingerprint density at radius 1 is 1.19 bits per heavy atom. The molecule has 0 aliphatic heterocycles. The molecular formula is C16H20N4O. The van der Waals surface area contributed by atoms with E-state index in [-0.39, 0.29) is 0 Å². The van der Waals surface area contributed by atoms with E-state index in [4.69, 9.17) is 4.74 Å². The predicted molar refractivity (Wildman–Crippen MR) is 78.9 cm³/mol. The van der Waals surface area contributed by atoms with Crippen LogP contribution in [0.15, 0.2) is 30.9 Å². The fraction of sp³-hybridized carbons (Fsp3) is 0.500. The lowest BCUT2D eigenvalue weighted by atomic mass is 10.3. The summed E-state index contributed by atoms with van der Waals surface area (Å²) >= 11 is 0. The maximum Gasteiger partial charge on any atom is 0.138 e. The highest BCUT2D eigenvalue weighted by Crippen LogP contribution is 2.35. The molecule has 2 saturated carbocycles. The Balaban J connectivity index is 1.32. The molecule has 4 rings (SSSR count). The molecule has 2 aromatic heterocycles. The lowest BCUT2D eigenvalue weighted by Gasteiger charge is -2.09. The fourth-order valence-electron chi connectivity index (χ4n) is 2.42. The lowest BCUT2D eigenvalue weighted by molar-refractivity contribution is 0.293. The number of hydrogen-bond acceptors (Lipinski definition) is 4. The quantitative estimate of drug-likeness (QED) is 0.848. The van der Waals surface area contributed by atoms with Crippen LogP contribution in [0.3, 0.4) is 0 Å². The van der Waals surface area contributed by atoms with E-state index in [1.165, 1.54) is 25.7 Å². The van der Waals surface area contributed by atoms with Crippen LogP contribution < -0.4 is 10.1 Å². The number of pyridine rings is 1. The summed E-state index contributed by atoms with van der Waals surface area (Å²) in [5, 5.41) is 3.46. The topological polar surface area (TPSA) is 52.0 Å². The molecule has 0 amide bonds. The van der Waals surface area contributed by atoms with Gasteiger partial charge in [0.15, 0.2) is 0 Å². The van der Waals surface area contributed by atoms with Crippen molar-refractivity contribution in [3.8, 4) is 5.75 Å². The van der Waals surface area contributed by atoms with Crippen LogP contribution in [-0.4, -0.2) is 20.6 Å². The second-order valence-corrected chi connectivity index (χ2v) is 5.95. The van der Waals surface area contributed by atoms with E-state index < -0.39 is 0 Å². The van der Waals surface area contributed by atoms with E-state index in [9.17, 15) is 0 Å². The Bertz CT molecular complexity index is 599. The average Bonchev–Trinajstić information content (AvgIpc) is 3.44. The van der Waals surface area contributed by atoms with Crippen molar-refractivity contribution in [2.45, 2.75) is 50.9 Å². The van der Waals surface area contributed by atoms with Crippen molar-refractivity contribution in [3.63, 3.8) is 0 Å². The Labute approximate surface area is 124 Å². The van der Waals surface area contributed by atoms with E-state index in [1.807, 2.05) is 30.9 Å². The minimum Gasteiger partial charge on any atom is -0.486 e. The van der Waals surface area contributed by atoms with Gasteiger partial charge in [0.25, 0.3) is 0 Å². The SMILES string of the molecule is c1cc(CNC2CC2)ncc1OCc1cncn1C1CC1. The van der Waals surface area contributed by atoms with Crippen molar-refractivity contribution in [2.75, 3.05) is 0 Å². The Morgan fingerprint density at radius 3 is 2.81 bits per heavy atom. The average molecular weight is 284 g/mol. The molecule has 0 spiro atoms. The van der Waals surface area contributed by atoms with Crippen LogP contribution in [0.1, 0.15) is 43.1 Å². The smallest absolute Gasteiger partial charge is 0.138 e. The molecule has 110 valence electrons. The minimum atomic E-state index is 0.553. The zero-order valence-corrected chi connectivity index (χ0v) is 12.0. The van der Waals surface area contributed by atoms with Crippen molar-refractivity contribution in [1.82, 2.24) is 19.9 Å². The van der Waals surface area contributed by atoms with Crippen LogP contribution >= 0.6 is 0 Å². The van der Waals surface area contributed by atoms with Gasteiger partial charge in [-0.1, -0.05) is 0 Å². The summed E-state index contributed by atoms with van der Waals surface area (Å²) in [6, 6.07) is 5.38. The molecule has 2 aromatic rings. The number of imidazole rings is 1. The van der Waals surface area contributed by atoms with Crippen LogP contribution in [0.5, 0.6) is 5.75 Å². The van der Waals surface area contributed by atoms with Crippen molar-refractivity contribution < 1.29 is 4.74 Å². The van der Waals surface area contributed by atoms with Gasteiger partial charge in [-0.3, -0.25) is 4.98 Å². The number of nitrogens with zero attached hydrogens (tertiary/aromatic N) is 3. The number of ether oxygens (including phenoxy) is 1. The molecule has 2 aliphatic rings. The zero-order chi connectivity index (χ0) is 14.1. The van der Waals surface area contributed by atoms with Gasteiger partial charge in [-0.15, -0.1) is 0 Å². The molecule has 2 aliphatic carbocycles. The van der Waals surface area contributed by atoms with E-state index in [0.29, 0.717) is 18.7 Å². The number of aromatic nitrogens is 3. The van der Waals surface area contributed by atoms with Gasteiger partial charge in [0.05, 0.1) is 30.1 Å². The molecule has 0 unspecified atom stereocenters. The maximum absolute atomic E-state index is 5.82. The van der Waals surface area contributed by atoms with Crippen LogP contribution in [0.2, 0.25) is 0 Å². The third-order valence-corrected chi connectivity index (χ3v) is 4.02. The van der Waals surface area contributed by atoms with Crippen LogP contribution in [0.25, 0.3) is 0 Å². The third-order valence-electron chi connectivity index (χ3n) is 4.02. The van der Waals surface area contributed by atoms with Gasteiger partial charge in [0.1, 0.15) is 12.4 Å². The van der Waals surface area contributed by atoms with Gasteiger partial charge in [-0.05, 0) is 37.8 Å². The monoisotopic (exact) mass is 284 g/mol. The molecule has 5 nitrogen and oxygen atoms in total. The highest BCUT2D eigenvalue weighted by atomic mass is 16.5. The fourth-order valence-corrected chi connectivity index (χ4v) is 2.42. The van der Waals surface area contributed by atoms with E-state index in [2.05, 4.69) is 19.9 Å². The first-order chi connectivity index (χ1) is 10.4. The van der Waals surface area contributed by atoms with Crippen molar-refractivity contribution >= 4 is 0 Å². The van der Waals surface area contributed by atoms with Gasteiger partial charge in [0.2, 0.25) is 0 Å². The minimum absolute atomic E-state index is 0.553. The Morgan fingerprint density at radius 2 is 2.10 bits per heavy atom. The molecule has 0 bridgehead atoms. The molecule has 2 heterocycles. The second-order valence-electron chi connectivity index (χ2n) is 5.95. The third kappa shape index (κ3) is 3.24. The highest BCUT2D eigenvalue weighted by molar-refractivity contribution is 5.20. The molecule has 2 fully saturated rings. The van der Waals surface area contributed by atoms with E-state index >= 15 is 0 Å². The molecular weight excluding hydrogens is 264 g/mol. The van der Waals surface area contributed by atoms with E-state index in [1.54, 1.807) is 0 Å². The standard InChI is InChI=1S/C16H20N4O/c1-2-12(1)18-7-13-3-6-16(9-19-13)21-10-15-8-17-11-20(15)14-4-5-14/h3,6,8-9,11-12,14,18H,1-2,4-5,7,10H2. The van der Waals surface area contributed by atoms with Crippen molar-refractivity contribution in [3.05, 3.63) is 42.2 Å². The second kappa shape index (κ2) is 5.48. The zero-order valence-electron chi connectivity index (χ0n) is 12.0. The molecule has 5 heteroatoms. The molecule has 0 aromatic carbocycles. The van der Waals surface area contributed by atoms with Gasteiger partial charge in [-0.2, -0.15) is 0 Å². The molecule has 0 saturated heterocycles. The molecule has 21 heavy (non-hydrogen) atoms. The molecule has 0 atom stereocenters. The van der Waals surface area contributed by atoms with Crippen LogP contribution in [-0.2, 0) is 13.2 Å². The Hall–Kier alpha value is -1.88. The summed E-state index contributed by atoms with van der Waals surface area (Å²) in [6.07, 6.45) is 10.7. The first-order valence-electron chi connectivity index (χ1n) is 7.70. The first kappa shape index (κ1) is 12.8. The van der Waals surface area contributed by atoms with Gasteiger partial charge in [0, 0.05) is 18.6 Å². The summed E-state index contributed by atoms with van der Waals surface area (Å²) in [7, 11) is 0. The van der Waals surface area contributed by atoms with Gasteiger partial charge in [-0.25, -0.2) is 4.98 Å². The first-order valence-corrected chi connectivity index (χ1v) is 7.70. The summed E-state index contributed by atoms with van der Waals surface area (Å²) in [4.78, 5) is 8.65. The summed E-state index contributed by atoms with van der Waals surface area (Å²) in [6.45, 7) is 1.40. The van der Waals surface area contributed by atoms with Crippen molar-refractivity contribution in [2.24, 2.45) is 0 Å². The number of rotatable bonds is 7. The largest absolute Gasteiger partial charge is 0.486 e. The van der Waals surface area contributed by atoms with Crippen LogP contribution in [0.4, 0.5) is 0 Å². The van der Waals surface area contributed by atoms with Gasteiger partial charge < -0.3 is 14.6 Å². The Kier molecular flexibility index (Phi) is 3.35. The number of nitrogens with one attached hydrogen (secondary N) is 1. The summed E-state index contributed by atoms with van der Waals surface area (Å²) in [5.74, 6) is 0.814. The lowest BCUT2D eigenvalue weighted by Crippen LogP contribution is -2.16. The molecule has 0 radical (unpaired) electrons. The number of hydrogen-bond donors (Lipinski definition) is 1. The molecule has 1 N–H and O–H groups in total. The summed E-state index contributed by atoms with van der Waals surface area (Å²) in [5.41, 5.74) is 2.20. The maximum atomic E-state index is 5.82.